The highest BCUT2D eigenvalue weighted by atomic mass is 16.7. The molecule has 1 amide bonds. The molecule has 1 N–H and O–H groups in total. The minimum absolute atomic E-state index is 0.314. The molecule has 0 spiro atoms. The van der Waals surface area contributed by atoms with Gasteiger partial charge in [0, 0.05) is 25.9 Å². The van der Waals surface area contributed by atoms with E-state index in [2.05, 4.69) is 4.74 Å². The first-order valence-corrected chi connectivity index (χ1v) is 5.65. The van der Waals surface area contributed by atoms with Crippen molar-refractivity contribution in [3.8, 4) is 0 Å². The van der Waals surface area contributed by atoms with E-state index < -0.39 is 11.8 Å². The minimum atomic E-state index is -1.26. The molecular weight excluding hydrogens is 226 g/mol. The number of rotatable bonds is 1. The Morgan fingerprint density at radius 2 is 1.76 bits per heavy atom. The second kappa shape index (κ2) is 5.25. The summed E-state index contributed by atoms with van der Waals surface area (Å²) >= 11 is 0. The van der Waals surface area contributed by atoms with Crippen LogP contribution >= 0.6 is 0 Å². The van der Waals surface area contributed by atoms with Crippen molar-refractivity contribution < 1.29 is 24.2 Å². The van der Waals surface area contributed by atoms with Crippen LogP contribution in [-0.2, 0) is 9.47 Å². The number of nitrogens with zero attached hydrogens (tertiary/aromatic N) is 1. The van der Waals surface area contributed by atoms with Crippen molar-refractivity contribution in [1.82, 2.24) is 4.90 Å². The predicted molar refractivity (Wildman–Crippen MR) is 59.9 cm³/mol. The van der Waals surface area contributed by atoms with Crippen LogP contribution in [0.3, 0.4) is 0 Å². The fourth-order valence-electron chi connectivity index (χ4n) is 1.63. The van der Waals surface area contributed by atoms with Crippen LogP contribution in [0.4, 0.5) is 9.59 Å². The van der Waals surface area contributed by atoms with Gasteiger partial charge in [-0.05, 0) is 20.8 Å². The minimum Gasteiger partial charge on any atom is -0.450 e. The lowest BCUT2D eigenvalue weighted by Crippen LogP contribution is -2.43. The van der Waals surface area contributed by atoms with E-state index in [9.17, 15) is 9.59 Å². The lowest BCUT2D eigenvalue weighted by Gasteiger charge is -2.32. The summed E-state index contributed by atoms with van der Waals surface area (Å²) in [5, 5.41) is 8.47. The largest absolute Gasteiger partial charge is 0.506 e. The van der Waals surface area contributed by atoms with Crippen molar-refractivity contribution in [3.05, 3.63) is 0 Å². The second-order valence-electron chi connectivity index (χ2n) is 5.05. The fourth-order valence-corrected chi connectivity index (χ4v) is 1.63. The van der Waals surface area contributed by atoms with Gasteiger partial charge in [0.1, 0.15) is 11.7 Å². The first kappa shape index (κ1) is 13.6. The summed E-state index contributed by atoms with van der Waals surface area (Å²) in [5.41, 5.74) is -0.508. The van der Waals surface area contributed by atoms with Gasteiger partial charge in [0.15, 0.2) is 0 Å². The molecule has 1 heterocycles. The van der Waals surface area contributed by atoms with Crippen LogP contribution in [0.25, 0.3) is 0 Å². The summed E-state index contributed by atoms with van der Waals surface area (Å²) in [6.07, 6.45) is -0.893. The number of carbonyl (C=O) groups is 2. The summed E-state index contributed by atoms with van der Waals surface area (Å²) in [5.74, 6) is 0. The van der Waals surface area contributed by atoms with E-state index in [1.54, 1.807) is 4.90 Å². The topological polar surface area (TPSA) is 76.1 Å². The smallest absolute Gasteiger partial charge is 0.450 e. The molecule has 0 unspecified atom stereocenters. The summed E-state index contributed by atoms with van der Waals surface area (Å²) in [6, 6.07) is 0. The van der Waals surface area contributed by atoms with Crippen LogP contribution < -0.4 is 0 Å². The van der Waals surface area contributed by atoms with Crippen molar-refractivity contribution in [2.45, 2.75) is 45.3 Å². The standard InChI is InChI=1S/C11H19NO5/c1-11(2,3)17-9(13)12-6-4-8(5-7-12)16-10(14)15/h8H,4-7H2,1-3H3,(H,14,15). The Kier molecular flexibility index (Phi) is 4.20. The third kappa shape index (κ3) is 4.93. The molecule has 17 heavy (non-hydrogen) atoms. The zero-order valence-corrected chi connectivity index (χ0v) is 10.4. The molecule has 1 rings (SSSR count). The van der Waals surface area contributed by atoms with E-state index in [1.165, 1.54) is 0 Å². The van der Waals surface area contributed by atoms with Gasteiger partial charge in [0.2, 0.25) is 0 Å². The van der Waals surface area contributed by atoms with Gasteiger partial charge in [-0.1, -0.05) is 0 Å². The number of carboxylic acid groups (broad SMARTS) is 1. The first-order valence-electron chi connectivity index (χ1n) is 5.65. The van der Waals surface area contributed by atoms with Crippen LogP contribution in [0.15, 0.2) is 0 Å². The van der Waals surface area contributed by atoms with Gasteiger partial charge in [-0.25, -0.2) is 9.59 Å². The van der Waals surface area contributed by atoms with Gasteiger partial charge in [0.05, 0.1) is 0 Å². The number of hydrogen-bond acceptors (Lipinski definition) is 4. The lowest BCUT2D eigenvalue weighted by atomic mass is 10.1. The molecule has 1 aliphatic rings. The number of likely N-dealkylation sites (tertiary alicyclic amines) is 1. The lowest BCUT2D eigenvalue weighted by molar-refractivity contribution is -0.00192. The van der Waals surface area contributed by atoms with Crippen LogP contribution in [0.5, 0.6) is 0 Å². The Balaban J connectivity index is 2.36. The normalized spacial score (nSPS) is 17.7. The molecule has 0 aromatic rings. The SMILES string of the molecule is CC(C)(C)OC(=O)N1CCC(OC(=O)O)CC1. The van der Waals surface area contributed by atoms with Crippen molar-refractivity contribution in [2.24, 2.45) is 0 Å². The predicted octanol–water partition coefficient (Wildman–Crippen LogP) is 2.08. The zero-order valence-electron chi connectivity index (χ0n) is 10.4. The molecule has 0 atom stereocenters. The Morgan fingerprint density at radius 1 is 1.24 bits per heavy atom. The fraction of sp³-hybridized carbons (Fsp3) is 0.818. The van der Waals surface area contributed by atoms with Crippen LogP contribution in [-0.4, -0.2) is 47.0 Å². The highest BCUT2D eigenvalue weighted by Gasteiger charge is 2.28. The van der Waals surface area contributed by atoms with Gasteiger partial charge in [-0.3, -0.25) is 0 Å². The second-order valence-corrected chi connectivity index (χ2v) is 5.05. The maximum atomic E-state index is 11.7. The number of piperidine rings is 1. The summed E-state index contributed by atoms with van der Waals surface area (Å²) < 4.78 is 9.88. The molecule has 0 aliphatic carbocycles. The highest BCUT2D eigenvalue weighted by molar-refractivity contribution is 5.68. The molecule has 6 heteroatoms. The van der Waals surface area contributed by atoms with E-state index >= 15 is 0 Å². The van der Waals surface area contributed by atoms with E-state index in [0.717, 1.165) is 0 Å². The van der Waals surface area contributed by atoms with Crippen LogP contribution in [0.2, 0.25) is 0 Å². The van der Waals surface area contributed by atoms with Gasteiger partial charge in [0.25, 0.3) is 0 Å². The van der Waals surface area contributed by atoms with Crippen LogP contribution in [0, 0.1) is 0 Å². The van der Waals surface area contributed by atoms with Gasteiger partial charge in [-0.2, -0.15) is 0 Å². The van der Waals surface area contributed by atoms with Crippen molar-refractivity contribution in [2.75, 3.05) is 13.1 Å². The molecule has 0 bridgehead atoms. The first-order chi connectivity index (χ1) is 7.78. The quantitative estimate of drug-likeness (QED) is 0.716. The molecule has 0 radical (unpaired) electrons. The Bertz CT molecular complexity index is 289. The Morgan fingerprint density at radius 3 is 2.18 bits per heavy atom. The molecule has 98 valence electrons. The van der Waals surface area contributed by atoms with Gasteiger partial charge < -0.3 is 19.5 Å². The number of carbonyl (C=O) groups excluding carboxylic acids is 1. The average molecular weight is 245 g/mol. The van der Waals surface area contributed by atoms with E-state index in [0.29, 0.717) is 25.9 Å². The third-order valence-corrected chi connectivity index (χ3v) is 2.36. The molecule has 1 aliphatic heterocycles. The Labute approximate surface area is 100 Å². The Hall–Kier alpha value is -1.46. The maximum absolute atomic E-state index is 11.7. The maximum Gasteiger partial charge on any atom is 0.506 e. The van der Waals surface area contributed by atoms with Crippen molar-refractivity contribution in [1.29, 1.82) is 0 Å². The van der Waals surface area contributed by atoms with Gasteiger partial charge >= 0.3 is 12.2 Å². The number of amides is 1. The number of ether oxygens (including phenoxy) is 2. The van der Waals surface area contributed by atoms with E-state index in [4.69, 9.17) is 9.84 Å². The summed E-state index contributed by atoms with van der Waals surface area (Å²) in [6.45, 7) is 6.36. The molecular formula is C11H19NO5. The monoisotopic (exact) mass is 245 g/mol. The summed E-state index contributed by atoms with van der Waals surface area (Å²) in [7, 11) is 0. The zero-order chi connectivity index (χ0) is 13.1. The van der Waals surface area contributed by atoms with E-state index in [1.807, 2.05) is 20.8 Å². The van der Waals surface area contributed by atoms with Crippen molar-refractivity contribution in [3.63, 3.8) is 0 Å². The number of hydrogen-bond donors (Lipinski definition) is 1. The highest BCUT2D eigenvalue weighted by Crippen LogP contribution is 2.17. The molecule has 0 saturated carbocycles. The molecule has 0 aromatic heterocycles. The molecule has 0 aromatic carbocycles. The average Bonchev–Trinajstić information content (AvgIpc) is 2.15. The third-order valence-electron chi connectivity index (χ3n) is 2.36. The van der Waals surface area contributed by atoms with E-state index in [-0.39, 0.29) is 12.2 Å². The molecule has 1 saturated heterocycles. The molecule has 6 nitrogen and oxygen atoms in total. The van der Waals surface area contributed by atoms with Gasteiger partial charge in [-0.15, -0.1) is 0 Å². The van der Waals surface area contributed by atoms with Crippen LogP contribution in [0.1, 0.15) is 33.6 Å². The molecule has 1 fully saturated rings. The van der Waals surface area contributed by atoms with Crippen molar-refractivity contribution >= 4 is 12.2 Å². The summed E-state index contributed by atoms with van der Waals surface area (Å²) in [4.78, 5) is 23.6.